The van der Waals surface area contributed by atoms with Gasteiger partial charge in [-0.1, -0.05) is 6.07 Å². The Morgan fingerprint density at radius 3 is 2.71 bits per heavy atom. The van der Waals surface area contributed by atoms with Crippen LogP contribution in [0.2, 0.25) is 0 Å². The molecule has 0 fully saturated rings. The van der Waals surface area contributed by atoms with Crippen LogP contribution < -0.4 is 0 Å². The Morgan fingerprint density at radius 2 is 2.21 bits per heavy atom. The number of carbonyl (C=O) groups excluding carboxylic acids is 1. The van der Waals surface area contributed by atoms with E-state index in [-0.39, 0.29) is 6.42 Å². The van der Waals surface area contributed by atoms with E-state index in [0.717, 1.165) is 12.1 Å². The number of rotatable bonds is 3. The molecule has 0 aliphatic rings. The maximum Gasteiger partial charge on any atom is 0.305 e. The van der Waals surface area contributed by atoms with E-state index in [4.69, 9.17) is 11.6 Å². The number of nitrogens with zero attached hydrogens (tertiary/aromatic N) is 1. The average Bonchev–Trinajstić information content (AvgIpc) is 2.07. The number of hydrogen-bond acceptors (Lipinski definition) is 3. The van der Waals surface area contributed by atoms with Crippen LogP contribution in [0.4, 0.5) is 10.1 Å². The summed E-state index contributed by atoms with van der Waals surface area (Å²) in [5.41, 5.74) is -0.335. The summed E-state index contributed by atoms with van der Waals surface area (Å²) < 4.78 is 12.8. The van der Waals surface area contributed by atoms with Gasteiger partial charge in [-0.3, -0.25) is 14.9 Å². The zero-order chi connectivity index (χ0) is 10.7. The molecule has 1 rings (SSSR count). The second kappa shape index (κ2) is 4.15. The Kier molecular flexibility index (Phi) is 3.14. The SMILES string of the molecule is O=C(Cl)Cc1ccc(F)c([N+](=O)[O-])c1. The lowest BCUT2D eigenvalue weighted by Gasteiger charge is -1.97. The van der Waals surface area contributed by atoms with Crippen molar-refractivity contribution in [2.24, 2.45) is 0 Å². The molecular formula is C8H5ClFNO3. The summed E-state index contributed by atoms with van der Waals surface area (Å²) in [5.74, 6) is -0.930. The van der Waals surface area contributed by atoms with E-state index in [1.54, 1.807) is 0 Å². The third-order valence-corrected chi connectivity index (χ3v) is 1.68. The number of nitro benzene ring substituents is 1. The van der Waals surface area contributed by atoms with Crippen molar-refractivity contribution in [2.75, 3.05) is 0 Å². The Morgan fingerprint density at radius 1 is 1.57 bits per heavy atom. The van der Waals surface area contributed by atoms with E-state index in [1.165, 1.54) is 6.07 Å². The minimum atomic E-state index is -0.930. The molecule has 0 aliphatic heterocycles. The van der Waals surface area contributed by atoms with Gasteiger partial charge in [-0.15, -0.1) is 0 Å². The van der Waals surface area contributed by atoms with Crippen LogP contribution in [0.1, 0.15) is 5.56 Å². The smallest absolute Gasteiger partial charge is 0.281 e. The van der Waals surface area contributed by atoms with Gasteiger partial charge >= 0.3 is 5.69 Å². The van der Waals surface area contributed by atoms with Crippen molar-refractivity contribution in [3.05, 3.63) is 39.7 Å². The summed E-state index contributed by atoms with van der Waals surface area (Å²) in [7, 11) is 0. The third kappa shape index (κ3) is 2.50. The predicted molar refractivity (Wildman–Crippen MR) is 47.6 cm³/mol. The van der Waals surface area contributed by atoms with Gasteiger partial charge in [-0.25, -0.2) is 0 Å². The Hall–Kier alpha value is -1.49. The molecule has 0 spiro atoms. The number of nitro groups is 1. The highest BCUT2D eigenvalue weighted by molar-refractivity contribution is 6.63. The Balaban J connectivity index is 3.06. The summed E-state index contributed by atoms with van der Waals surface area (Å²) in [6.07, 6.45) is -0.150. The highest BCUT2D eigenvalue weighted by atomic mass is 35.5. The topological polar surface area (TPSA) is 60.2 Å². The Bertz CT molecular complexity index is 394. The van der Waals surface area contributed by atoms with Crippen LogP contribution in [-0.4, -0.2) is 10.2 Å². The molecule has 0 atom stereocenters. The molecule has 0 N–H and O–H groups in total. The molecule has 0 radical (unpaired) electrons. The molecular weight excluding hydrogens is 213 g/mol. The first-order valence-electron chi connectivity index (χ1n) is 3.62. The minimum Gasteiger partial charge on any atom is -0.281 e. The highest BCUT2D eigenvalue weighted by Crippen LogP contribution is 2.19. The number of halogens is 2. The molecule has 0 unspecified atom stereocenters. The number of benzene rings is 1. The summed E-state index contributed by atoms with van der Waals surface area (Å²) >= 11 is 5.08. The lowest BCUT2D eigenvalue weighted by Crippen LogP contribution is -1.97. The molecule has 0 heterocycles. The second-order valence-corrected chi connectivity index (χ2v) is 3.00. The summed E-state index contributed by atoms with van der Waals surface area (Å²) in [5, 5.41) is 9.66. The van der Waals surface area contributed by atoms with Crippen molar-refractivity contribution >= 4 is 22.5 Å². The first kappa shape index (κ1) is 10.6. The zero-order valence-electron chi connectivity index (χ0n) is 6.87. The molecule has 0 bridgehead atoms. The molecule has 14 heavy (non-hydrogen) atoms. The molecule has 0 aromatic heterocycles. The first-order valence-corrected chi connectivity index (χ1v) is 3.99. The van der Waals surface area contributed by atoms with Crippen molar-refractivity contribution in [1.29, 1.82) is 0 Å². The van der Waals surface area contributed by atoms with Gasteiger partial charge in [0.1, 0.15) is 0 Å². The first-order chi connectivity index (χ1) is 6.50. The molecule has 0 saturated carbocycles. The monoisotopic (exact) mass is 217 g/mol. The molecule has 74 valence electrons. The maximum atomic E-state index is 12.8. The van der Waals surface area contributed by atoms with Crippen LogP contribution in [0, 0.1) is 15.9 Å². The van der Waals surface area contributed by atoms with E-state index in [2.05, 4.69) is 0 Å². The van der Waals surface area contributed by atoms with Crippen LogP contribution in [0.15, 0.2) is 18.2 Å². The Labute approximate surface area is 83.4 Å². The fraction of sp³-hybridized carbons (Fsp3) is 0.125. The lowest BCUT2D eigenvalue weighted by molar-refractivity contribution is -0.387. The molecule has 1 aromatic rings. The normalized spacial score (nSPS) is 9.86. The van der Waals surface area contributed by atoms with E-state index >= 15 is 0 Å². The van der Waals surface area contributed by atoms with Crippen LogP contribution in [-0.2, 0) is 11.2 Å². The predicted octanol–water partition coefficient (Wildman–Crippen LogP) is 2.04. The lowest BCUT2D eigenvalue weighted by atomic mass is 10.1. The summed E-state index contributed by atoms with van der Waals surface area (Å²) in [6.45, 7) is 0. The molecule has 0 saturated heterocycles. The van der Waals surface area contributed by atoms with Crippen molar-refractivity contribution in [1.82, 2.24) is 0 Å². The number of hydrogen-bond donors (Lipinski definition) is 0. The quantitative estimate of drug-likeness (QED) is 0.442. The largest absolute Gasteiger partial charge is 0.305 e. The molecule has 1 aromatic carbocycles. The van der Waals surface area contributed by atoms with Crippen molar-refractivity contribution < 1.29 is 14.1 Å². The van der Waals surface area contributed by atoms with E-state index in [0.29, 0.717) is 5.56 Å². The van der Waals surface area contributed by atoms with Crippen molar-refractivity contribution in [2.45, 2.75) is 6.42 Å². The molecule has 0 aliphatic carbocycles. The molecule has 4 nitrogen and oxygen atoms in total. The van der Waals surface area contributed by atoms with Gasteiger partial charge in [0.2, 0.25) is 11.1 Å². The van der Waals surface area contributed by atoms with Crippen LogP contribution in [0.5, 0.6) is 0 Å². The van der Waals surface area contributed by atoms with Gasteiger partial charge in [-0.05, 0) is 23.2 Å². The van der Waals surface area contributed by atoms with Gasteiger partial charge in [0.05, 0.1) is 4.92 Å². The van der Waals surface area contributed by atoms with Gasteiger partial charge in [0.25, 0.3) is 0 Å². The summed E-state index contributed by atoms with van der Waals surface area (Å²) in [6, 6.07) is 3.21. The van der Waals surface area contributed by atoms with E-state index < -0.39 is 21.7 Å². The standard InChI is InChI=1S/C8H5ClFNO3/c9-8(12)4-5-1-2-6(10)7(3-5)11(13)14/h1-3H,4H2. The van der Waals surface area contributed by atoms with Crippen molar-refractivity contribution in [3.63, 3.8) is 0 Å². The number of carbonyl (C=O) groups is 1. The van der Waals surface area contributed by atoms with Gasteiger partial charge in [0, 0.05) is 12.5 Å². The molecule has 0 amide bonds. The van der Waals surface area contributed by atoms with Gasteiger partial charge < -0.3 is 0 Å². The maximum absolute atomic E-state index is 12.8. The second-order valence-electron chi connectivity index (χ2n) is 2.57. The van der Waals surface area contributed by atoms with Crippen LogP contribution in [0.25, 0.3) is 0 Å². The van der Waals surface area contributed by atoms with Crippen molar-refractivity contribution in [3.8, 4) is 0 Å². The fourth-order valence-corrected chi connectivity index (χ4v) is 1.12. The fourth-order valence-electron chi connectivity index (χ4n) is 0.969. The highest BCUT2D eigenvalue weighted by Gasteiger charge is 2.14. The minimum absolute atomic E-state index is 0.150. The molecule has 6 heteroatoms. The third-order valence-electron chi connectivity index (χ3n) is 1.55. The van der Waals surface area contributed by atoms with Crippen LogP contribution in [0.3, 0.4) is 0 Å². The van der Waals surface area contributed by atoms with E-state index in [9.17, 15) is 19.3 Å². The van der Waals surface area contributed by atoms with Crippen LogP contribution >= 0.6 is 11.6 Å². The van der Waals surface area contributed by atoms with E-state index in [1.807, 2.05) is 0 Å². The average molecular weight is 218 g/mol. The van der Waals surface area contributed by atoms with Gasteiger partial charge in [-0.2, -0.15) is 4.39 Å². The zero-order valence-corrected chi connectivity index (χ0v) is 7.62. The van der Waals surface area contributed by atoms with Gasteiger partial charge in [0.15, 0.2) is 0 Å². The summed E-state index contributed by atoms with van der Waals surface area (Å²) in [4.78, 5) is 19.9.